The lowest BCUT2D eigenvalue weighted by Gasteiger charge is -2.35. The van der Waals surface area contributed by atoms with Gasteiger partial charge in [0.25, 0.3) is 0 Å². The molecule has 1 N–H and O–H groups in total. The quantitative estimate of drug-likeness (QED) is 0.907. The molecular formula is C20H27N2O2S+. The first-order valence-corrected chi connectivity index (χ1v) is 10.3. The maximum Gasteiger partial charge on any atom is 0.243 e. The molecule has 0 amide bonds. The van der Waals surface area contributed by atoms with Gasteiger partial charge in [-0.3, -0.25) is 0 Å². The van der Waals surface area contributed by atoms with Crippen molar-refractivity contribution in [2.75, 3.05) is 26.2 Å². The zero-order valence-corrected chi connectivity index (χ0v) is 16.0. The van der Waals surface area contributed by atoms with E-state index in [9.17, 15) is 8.42 Å². The minimum atomic E-state index is -3.40. The summed E-state index contributed by atoms with van der Waals surface area (Å²) in [6.07, 6.45) is 0. The number of hydrogen-bond acceptors (Lipinski definition) is 2. The van der Waals surface area contributed by atoms with Gasteiger partial charge in [-0.1, -0.05) is 48.0 Å². The van der Waals surface area contributed by atoms with Crippen LogP contribution in [-0.4, -0.2) is 38.9 Å². The monoisotopic (exact) mass is 359 g/mol. The number of nitrogens with zero attached hydrogens (tertiary/aromatic N) is 1. The largest absolute Gasteiger partial charge is 0.327 e. The molecule has 25 heavy (non-hydrogen) atoms. The van der Waals surface area contributed by atoms with Crippen LogP contribution in [0.3, 0.4) is 0 Å². The zero-order valence-electron chi connectivity index (χ0n) is 15.2. The number of benzene rings is 2. The number of quaternary nitrogens is 1. The second kappa shape index (κ2) is 7.28. The van der Waals surface area contributed by atoms with Crippen LogP contribution in [0.1, 0.15) is 29.7 Å². The Morgan fingerprint density at radius 2 is 1.64 bits per heavy atom. The van der Waals surface area contributed by atoms with E-state index in [-0.39, 0.29) is 0 Å². The highest BCUT2D eigenvalue weighted by atomic mass is 32.2. The Balaban J connectivity index is 1.71. The van der Waals surface area contributed by atoms with Gasteiger partial charge in [0.05, 0.1) is 31.1 Å². The lowest BCUT2D eigenvalue weighted by Crippen LogP contribution is -3.14. The fraction of sp³-hybridized carbons (Fsp3) is 0.400. The Bertz CT molecular complexity index is 826. The smallest absolute Gasteiger partial charge is 0.243 e. The predicted molar refractivity (Wildman–Crippen MR) is 100 cm³/mol. The molecule has 0 radical (unpaired) electrons. The molecule has 1 fully saturated rings. The van der Waals surface area contributed by atoms with Crippen molar-refractivity contribution < 1.29 is 13.3 Å². The summed E-state index contributed by atoms with van der Waals surface area (Å²) < 4.78 is 27.6. The minimum Gasteiger partial charge on any atom is -0.327 e. The van der Waals surface area contributed by atoms with Crippen LogP contribution in [-0.2, 0) is 10.0 Å². The Kier molecular flexibility index (Phi) is 5.27. The van der Waals surface area contributed by atoms with Crippen molar-refractivity contribution in [3.63, 3.8) is 0 Å². The number of rotatable bonds is 4. The van der Waals surface area contributed by atoms with Crippen LogP contribution < -0.4 is 4.90 Å². The molecular weight excluding hydrogens is 332 g/mol. The van der Waals surface area contributed by atoms with E-state index in [0.29, 0.717) is 24.0 Å². The molecule has 134 valence electrons. The number of sulfonamides is 1. The third-order valence-electron chi connectivity index (χ3n) is 5.22. The standard InChI is InChI=1S/C20H26N2O2S/c1-16-9-10-20(17(2)15-16)25(23,24)22-13-11-21(12-14-22)18(3)19-7-5-4-6-8-19/h4-10,15,18H,11-14H2,1-3H3/p+1/t18-/m0/s1. The first-order valence-electron chi connectivity index (χ1n) is 8.86. The van der Waals surface area contributed by atoms with Crippen molar-refractivity contribution in [2.24, 2.45) is 0 Å². The van der Waals surface area contributed by atoms with Crippen molar-refractivity contribution in [3.8, 4) is 0 Å². The fourth-order valence-electron chi connectivity index (χ4n) is 3.65. The molecule has 0 bridgehead atoms. The topological polar surface area (TPSA) is 41.8 Å². The highest BCUT2D eigenvalue weighted by Gasteiger charge is 2.33. The van der Waals surface area contributed by atoms with Crippen LogP contribution in [0.2, 0.25) is 0 Å². The SMILES string of the molecule is Cc1ccc(S(=O)(=O)N2CC[NH+]([C@@H](C)c3ccccc3)CC2)c(C)c1. The van der Waals surface area contributed by atoms with Gasteiger partial charge in [0.1, 0.15) is 6.04 Å². The minimum absolute atomic E-state index is 0.382. The van der Waals surface area contributed by atoms with E-state index in [1.165, 1.54) is 10.5 Å². The Morgan fingerprint density at radius 1 is 1.00 bits per heavy atom. The van der Waals surface area contributed by atoms with E-state index in [4.69, 9.17) is 0 Å². The lowest BCUT2D eigenvalue weighted by molar-refractivity contribution is -0.933. The normalized spacial score (nSPS) is 18.2. The van der Waals surface area contributed by atoms with Crippen LogP contribution in [0, 0.1) is 13.8 Å². The van der Waals surface area contributed by atoms with Crippen molar-refractivity contribution in [1.82, 2.24) is 4.31 Å². The van der Waals surface area contributed by atoms with E-state index < -0.39 is 10.0 Å². The average molecular weight is 360 g/mol. The fourth-order valence-corrected chi connectivity index (χ4v) is 5.30. The molecule has 0 unspecified atom stereocenters. The first kappa shape index (κ1) is 18.1. The number of hydrogen-bond donors (Lipinski definition) is 1. The molecule has 5 heteroatoms. The summed E-state index contributed by atoms with van der Waals surface area (Å²) in [5, 5.41) is 0. The average Bonchev–Trinajstić information content (AvgIpc) is 2.61. The summed E-state index contributed by atoms with van der Waals surface area (Å²) in [6.45, 7) is 8.89. The van der Waals surface area contributed by atoms with Crippen molar-refractivity contribution in [1.29, 1.82) is 0 Å². The lowest BCUT2D eigenvalue weighted by atomic mass is 10.1. The maximum absolute atomic E-state index is 13.0. The van der Waals surface area contributed by atoms with Gasteiger partial charge in [-0.25, -0.2) is 8.42 Å². The van der Waals surface area contributed by atoms with E-state index >= 15 is 0 Å². The summed E-state index contributed by atoms with van der Waals surface area (Å²) >= 11 is 0. The van der Waals surface area contributed by atoms with E-state index in [1.807, 2.05) is 32.0 Å². The van der Waals surface area contributed by atoms with Gasteiger partial charge in [-0.15, -0.1) is 0 Å². The summed E-state index contributed by atoms with van der Waals surface area (Å²) in [6, 6.07) is 16.4. The van der Waals surface area contributed by atoms with Gasteiger partial charge < -0.3 is 4.90 Å². The molecule has 0 aliphatic carbocycles. The molecule has 2 aromatic rings. The molecule has 2 aromatic carbocycles. The van der Waals surface area contributed by atoms with Crippen LogP contribution in [0.5, 0.6) is 0 Å². The highest BCUT2D eigenvalue weighted by molar-refractivity contribution is 7.89. The summed E-state index contributed by atoms with van der Waals surface area (Å²) in [7, 11) is -3.40. The van der Waals surface area contributed by atoms with Crippen LogP contribution in [0.25, 0.3) is 0 Å². The van der Waals surface area contributed by atoms with E-state index in [1.54, 1.807) is 10.4 Å². The van der Waals surface area contributed by atoms with Crippen molar-refractivity contribution >= 4 is 10.0 Å². The number of piperazine rings is 1. The van der Waals surface area contributed by atoms with E-state index in [2.05, 4.69) is 31.2 Å². The van der Waals surface area contributed by atoms with Gasteiger partial charge in [0, 0.05) is 5.56 Å². The van der Waals surface area contributed by atoms with Crippen LogP contribution in [0.4, 0.5) is 0 Å². The molecule has 1 atom stereocenters. The van der Waals surface area contributed by atoms with Gasteiger partial charge in [0.2, 0.25) is 10.0 Å². The highest BCUT2D eigenvalue weighted by Crippen LogP contribution is 2.21. The zero-order chi connectivity index (χ0) is 18.0. The van der Waals surface area contributed by atoms with Crippen molar-refractivity contribution in [3.05, 3.63) is 65.2 Å². The summed E-state index contributed by atoms with van der Waals surface area (Å²) in [5.41, 5.74) is 3.22. The number of nitrogens with one attached hydrogen (secondary N) is 1. The van der Waals surface area contributed by atoms with Gasteiger partial charge in [-0.05, 0) is 32.4 Å². The van der Waals surface area contributed by atoms with Crippen LogP contribution >= 0.6 is 0 Å². The first-order chi connectivity index (χ1) is 11.9. The molecule has 0 saturated carbocycles. The van der Waals surface area contributed by atoms with Gasteiger partial charge >= 0.3 is 0 Å². The van der Waals surface area contributed by atoms with Crippen molar-refractivity contribution in [2.45, 2.75) is 31.7 Å². The molecule has 1 aliphatic heterocycles. The molecule has 4 nitrogen and oxygen atoms in total. The molecule has 0 aromatic heterocycles. The molecule has 1 aliphatic rings. The molecule has 3 rings (SSSR count). The second-order valence-corrected chi connectivity index (χ2v) is 8.87. The Labute approximate surface area is 151 Å². The Hall–Kier alpha value is -1.69. The predicted octanol–water partition coefficient (Wildman–Crippen LogP) is 1.95. The van der Waals surface area contributed by atoms with Gasteiger partial charge in [0.15, 0.2) is 0 Å². The summed E-state index contributed by atoms with van der Waals surface area (Å²) in [4.78, 5) is 1.89. The Morgan fingerprint density at radius 3 is 2.24 bits per heavy atom. The third kappa shape index (κ3) is 3.78. The molecule has 1 saturated heterocycles. The number of aryl methyl sites for hydroxylation is 2. The molecule has 1 heterocycles. The maximum atomic E-state index is 13.0. The van der Waals surface area contributed by atoms with Gasteiger partial charge in [-0.2, -0.15) is 4.31 Å². The van der Waals surface area contributed by atoms with E-state index in [0.717, 1.165) is 24.2 Å². The second-order valence-electron chi connectivity index (χ2n) is 6.96. The van der Waals surface area contributed by atoms with Crippen LogP contribution in [0.15, 0.2) is 53.4 Å². The summed E-state index contributed by atoms with van der Waals surface area (Å²) in [5.74, 6) is 0. The molecule has 0 spiro atoms. The third-order valence-corrected chi connectivity index (χ3v) is 7.28.